The molecule has 2 bridgehead atoms. The zero-order chi connectivity index (χ0) is 11.9. The first-order valence-corrected chi connectivity index (χ1v) is 7.16. The molecular weight excluding hydrogens is 214 g/mol. The fraction of sp³-hybridized carbons (Fsp3) is 0.929. The smallest absolute Gasteiger partial charge is 0.223 e. The second-order valence-electron chi connectivity index (χ2n) is 6.43. The van der Waals surface area contributed by atoms with E-state index in [4.69, 9.17) is 0 Å². The van der Waals surface area contributed by atoms with Gasteiger partial charge >= 0.3 is 0 Å². The number of carbonyl (C=O) groups is 1. The predicted octanol–water partition coefficient (Wildman–Crippen LogP) is 1.84. The van der Waals surface area contributed by atoms with Crippen LogP contribution in [0.2, 0.25) is 0 Å². The lowest BCUT2D eigenvalue weighted by Crippen LogP contribution is -2.43. The van der Waals surface area contributed by atoms with Gasteiger partial charge in [0.25, 0.3) is 0 Å². The molecule has 0 aromatic carbocycles. The first kappa shape index (κ1) is 11.5. The van der Waals surface area contributed by atoms with Crippen molar-refractivity contribution in [3.05, 3.63) is 0 Å². The summed E-state index contributed by atoms with van der Waals surface area (Å²) in [7, 11) is 0. The average molecular weight is 237 g/mol. The lowest BCUT2D eigenvalue weighted by Gasteiger charge is -2.26. The van der Waals surface area contributed by atoms with Crippen LogP contribution in [0.3, 0.4) is 0 Å². The Hall–Kier alpha value is -0.570. The third-order valence-electron chi connectivity index (χ3n) is 5.20. The summed E-state index contributed by atoms with van der Waals surface area (Å²) < 4.78 is 0. The number of fused-ring (bicyclic) bond motifs is 2. The van der Waals surface area contributed by atoms with Crippen LogP contribution in [-0.4, -0.2) is 23.2 Å². The molecule has 96 valence electrons. The van der Waals surface area contributed by atoms with Crippen molar-refractivity contribution < 1.29 is 9.90 Å². The molecular formula is C14H23NO2. The maximum Gasteiger partial charge on any atom is 0.223 e. The first-order valence-electron chi connectivity index (χ1n) is 7.16. The largest absolute Gasteiger partial charge is 0.388 e. The van der Waals surface area contributed by atoms with E-state index in [1.54, 1.807) is 0 Å². The molecule has 3 atom stereocenters. The van der Waals surface area contributed by atoms with E-state index in [0.29, 0.717) is 12.5 Å². The van der Waals surface area contributed by atoms with Crippen molar-refractivity contribution in [3.8, 4) is 0 Å². The number of carbonyl (C=O) groups excluding carboxylic acids is 1. The van der Waals surface area contributed by atoms with Gasteiger partial charge in [-0.2, -0.15) is 0 Å². The van der Waals surface area contributed by atoms with Crippen molar-refractivity contribution >= 4 is 5.91 Å². The molecule has 0 heterocycles. The van der Waals surface area contributed by atoms with Gasteiger partial charge in [-0.3, -0.25) is 4.79 Å². The molecule has 17 heavy (non-hydrogen) atoms. The molecule has 0 saturated heterocycles. The van der Waals surface area contributed by atoms with Crippen LogP contribution in [0.15, 0.2) is 0 Å². The van der Waals surface area contributed by atoms with E-state index in [2.05, 4.69) is 5.32 Å². The van der Waals surface area contributed by atoms with Gasteiger partial charge in [-0.05, 0) is 43.9 Å². The number of aliphatic hydroxyl groups is 1. The molecule has 0 aliphatic heterocycles. The maximum absolute atomic E-state index is 12.1. The number of amides is 1. The number of hydrogen-bond acceptors (Lipinski definition) is 2. The Morgan fingerprint density at radius 2 is 2.00 bits per heavy atom. The average Bonchev–Trinajstić information content (AvgIpc) is 3.02. The lowest BCUT2D eigenvalue weighted by atomic mass is 9.88. The summed E-state index contributed by atoms with van der Waals surface area (Å²) in [6, 6.07) is 0. The van der Waals surface area contributed by atoms with E-state index in [-0.39, 0.29) is 11.8 Å². The Balaban J connectivity index is 1.50. The van der Waals surface area contributed by atoms with E-state index in [1.165, 1.54) is 19.3 Å². The van der Waals surface area contributed by atoms with Gasteiger partial charge in [0.2, 0.25) is 5.91 Å². The van der Waals surface area contributed by atoms with Crippen LogP contribution in [0.1, 0.15) is 51.4 Å². The van der Waals surface area contributed by atoms with Crippen LogP contribution in [0.5, 0.6) is 0 Å². The van der Waals surface area contributed by atoms with Crippen molar-refractivity contribution in [2.24, 2.45) is 17.8 Å². The van der Waals surface area contributed by atoms with Gasteiger partial charge in [0.1, 0.15) is 0 Å². The molecule has 3 heteroatoms. The zero-order valence-corrected chi connectivity index (χ0v) is 10.5. The van der Waals surface area contributed by atoms with E-state index >= 15 is 0 Å². The van der Waals surface area contributed by atoms with Crippen molar-refractivity contribution in [2.45, 2.75) is 57.0 Å². The van der Waals surface area contributed by atoms with Crippen LogP contribution < -0.4 is 5.32 Å². The van der Waals surface area contributed by atoms with Gasteiger partial charge in [-0.15, -0.1) is 0 Å². The predicted molar refractivity (Wildman–Crippen MR) is 65.4 cm³/mol. The molecule has 3 aliphatic rings. The molecule has 3 nitrogen and oxygen atoms in total. The normalized spacial score (nSPS) is 38.5. The quantitative estimate of drug-likeness (QED) is 0.787. The molecule has 2 N–H and O–H groups in total. The Kier molecular flexibility index (Phi) is 2.89. The summed E-state index contributed by atoms with van der Waals surface area (Å²) in [6.07, 6.45) is 8.83. The third kappa shape index (κ3) is 2.22. The van der Waals surface area contributed by atoms with Crippen LogP contribution in [0.4, 0.5) is 0 Å². The van der Waals surface area contributed by atoms with Crippen molar-refractivity contribution in [2.75, 3.05) is 6.54 Å². The Morgan fingerprint density at radius 3 is 2.59 bits per heavy atom. The van der Waals surface area contributed by atoms with Gasteiger partial charge < -0.3 is 10.4 Å². The Bertz CT molecular complexity index is 309. The molecule has 3 unspecified atom stereocenters. The van der Waals surface area contributed by atoms with Crippen molar-refractivity contribution in [1.82, 2.24) is 5.32 Å². The fourth-order valence-electron chi connectivity index (χ4n) is 4.16. The number of rotatable bonds is 3. The Morgan fingerprint density at radius 1 is 1.24 bits per heavy atom. The third-order valence-corrected chi connectivity index (χ3v) is 5.20. The van der Waals surface area contributed by atoms with Crippen LogP contribution >= 0.6 is 0 Å². The van der Waals surface area contributed by atoms with Crippen LogP contribution in [0, 0.1) is 17.8 Å². The summed E-state index contributed by atoms with van der Waals surface area (Å²) in [4.78, 5) is 12.1. The van der Waals surface area contributed by atoms with Crippen molar-refractivity contribution in [3.63, 3.8) is 0 Å². The molecule has 0 radical (unpaired) electrons. The first-order chi connectivity index (χ1) is 8.16. The topological polar surface area (TPSA) is 49.3 Å². The van der Waals surface area contributed by atoms with Crippen LogP contribution in [-0.2, 0) is 4.79 Å². The van der Waals surface area contributed by atoms with Gasteiger partial charge in [-0.25, -0.2) is 0 Å². The highest BCUT2D eigenvalue weighted by molar-refractivity contribution is 5.79. The monoisotopic (exact) mass is 237 g/mol. The molecule has 1 amide bonds. The summed E-state index contributed by atoms with van der Waals surface area (Å²) in [5.41, 5.74) is -0.604. The molecule has 3 aliphatic carbocycles. The highest BCUT2D eigenvalue weighted by Crippen LogP contribution is 2.48. The van der Waals surface area contributed by atoms with E-state index in [0.717, 1.165) is 38.0 Å². The highest BCUT2D eigenvalue weighted by atomic mass is 16.3. The lowest BCUT2D eigenvalue weighted by molar-refractivity contribution is -0.127. The molecule has 0 aromatic rings. The van der Waals surface area contributed by atoms with Crippen molar-refractivity contribution in [1.29, 1.82) is 0 Å². The minimum atomic E-state index is -0.604. The number of nitrogens with one attached hydrogen (secondary N) is 1. The summed E-state index contributed by atoms with van der Waals surface area (Å²) >= 11 is 0. The van der Waals surface area contributed by atoms with Gasteiger partial charge in [0.15, 0.2) is 0 Å². The second kappa shape index (κ2) is 4.27. The summed E-state index contributed by atoms with van der Waals surface area (Å²) in [5, 5.41) is 13.2. The number of hydrogen-bond donors (Lipinski definition) is 2. The van der Waals surface area contributed by atoms with E-state index in [9.17, 15) is 9.90 Å². The van der Waals surface area contributed by atoms with E-state index in [1.807, 2.05) is 0 Å². The summed E-state index contributed by atoms with van der Waals surface area (Å²) in [6.45, 7) is 0.472. The minimum Gasteiger partial charge on any atom is -0.388 e. The maximum atomic E-state index is 12.1. The molecule has 0 aromatic heterocycles. The standard InChI is InChI=1S/C14H23NO2/c16-13(12-8-10-3-4-11(12)7-10)15-9-14(17)5-1-2-6-14/h10-12,17H,1-9H2,(H,15,16). The zero-order valence-electron chi connectivity index (χ0n) is 10.5. The van der Waals surface area contributed by atoms with Gasteiger partial charge in [-0.1, -0.05) is 19.3 Å². The molecule has 3 saturated carbocycles. The Labute approximate surface area is 103 Å². The SMILES string of the molecule is O=C(NCC1(O)CCCC1)C1CC2CCC1C2. The van der Waals surface area contributed by atoms with Crippen LogP contribution in [0.25, 0.3) is 0 Å². The summed E-state index contributed by atoms with van der Waals surface area (Å²) in [5.74, 6) is 1.90. The second-order valence-corrected chi connectivity index (χ2v) is 6.43. The van der Waals surface area contributed by atoms with E-state index < -0.39 is 5.60 Å². The van der Waals surface area contributed by atoms with Gasteiger partial charge in [0.05, 0.1) is 5.60 Å². The van der Waals surface area contributed by atoms with Gasteiger partial charge in [0, 0.05) is 12.5 Å². The highest BCUT2D eigenvalue weighted by Gasteiger charge is 2.43. The fourth-order valence-corrected chi connectivity index (χ4v) is 4.16. The molecule has 3 fully saturated rings. The minimum absolute atomic E-state index is 0.206. The molecule has 0 spiro atoms. The molecule has 3 rings (SSSR count).